The van der Waals surface area contributed by atoms with Gasteiger partial charge in [0.05, 0.1) is 23.1 Å². The van der Waals surface area contributed by atoms with E-state index >= 15 is 0 Å². The number of aromatic nitrogens is 4. The Labute approximate surface area is 148 Å². The number of rotatable bonds is 7. The van der Waals surface area contributed by atoms with E-state index in [9.17, 15) is 4.79 Å². The highest BCUT2D eigenvalue weighted by Crippen LogP contribution is 2.23. The molecule has 3 aromatic rings. The summed E-state index contributed by atoms with van der Waals surface area (Å²) in [5.74, 6) is 0.198. The van der Waals surface area contributed by atoms with E-state index in [1.165, 1.54) is 17.1 Å². The minimum Gasteiger partial charge on any atom is -0.470 e. The number of para-hydroxylation sites is 1. The third-order valence-electron chi connectivity index (χ3n) is 3.28. The summed E-state index contributed by atoms with van der Waals surface area (Å²) in [5, 5.41) is 11.4. The molecule has 1 aromatic carbocycles. The van der Waals surface area contributed by atoms with E-state index in [0.29, 0.717) is 28.9 Å². The number of benzene rings is 1. The highest BCUT2D eigenvalue weighted by molar-refractivity contribution is 6.32. The van der Waals surface area contributed by atoms with Gasteiger partial charge < -0.3 is 14.8 Å². The van der Waals surface area contributed by atoms with E-state index in [4.69, 9.17) is 21.1 Å². The van der Waals surface area contributed by atoms with Crippen LogP contribution in [0.15, 0.2) is 48.9 Å². The molecule has 1 amide bonds. The van der Waals surface area contributed by atoms with Gasteiger partial charge in [0.1, 0.15) is 18.2 Å². The van der Waals surface area contributed by atoms with Gasteiger partial charge in [0, 0.05) is 13.3 Å². The molecule has 2 aromatic heterocycles. The Kier molecular flexibility index (Phi) is 5.32. The molecule has 1 N–H and O–H groups in total. The molecule has 3 rings (SSSR count). The maximum atomic E-state index is 12.4. The van der Waals surface area contributed by atoms with Gasteiger partial charge in [-0.05, 0) is 18.2 Å². The third-order valence-corrected chi connectivity index (χ3v) is 3.59. The van der Waals surface area contributed by atoms with E-state index in [1.807, 2.05) is 12.1 Å². The minimum atomic E-state index is -0.322. The summed E-state index contributed by atoms with van der Waals surface area (Å²) in [6.07, 6.45) is 4.74. The Morgan fingerprint density at radius 2 is 2.08 bits per heavy atom. The van der Waals surface area contributed by atoms with Crippen LogP contribution in [0.25, 0.3) is 0 Å². The molecule has 0 atom stereocenters. The van der Waals surface area contributed by atoms with Crippen LogP contribution in [-0.4, -0.2) is 32.6 Å². The van der Waals surface area contributed by atoms with Crippen molar-refractivity contribution in [1.29, 1.82) is 0 Å². The first-order valence-electron chi connectivity index (χ1n) is 7.39. The number of carbonyl (C=O) groups excluding carboxylic acids is 1. The molecule has 0 bridgehead atoms. The topological polar surface area (TPSA) is 83.2 Å². The van der Waals surface area contributed by atoms with Crippen molar-refractivity contribution in [2.24, 2.45) is 0 Å². The molecule has 130 valence electrons. The second-order valence-corrected chi connectivity index (χ2v) is 5.47. The normalized spacial score (nSPS) is 10.6. The lowest BCUT2D eigenvalue weighted by molar-refractivity contribution is 0.100. The summed E-state index contributed by atoms with van der Waals surface area (Å²) in [6, 6.07) is 8.70. The van der Waals surface area contributed by atoms with Crippen molar-refractivity contribution in [1.82, 2.24) is 19.6 Å². The van der Waals surface area contributed by atoms with Gasteiger partial charge in [-0.2, -0.15) is 10.2 Å². The first-order valence-corrected chi connectivity index (χ1v) is 7.77. The molecule has 25 heavy (non-hydrogen) atoms. The standard InChI is InChI=1S/C16H16ClN5O3/c1-24-10-21-9-12(8-19-21)20-16(23)14-6-7-18-22(14)11-25-15-5-3-2-4-13(15)17/h2-9H,10-11H2,1H3,(H,20,23). The predicted molar refractivity (Wildman–Crippen MR) is 91.5 cm³/mol. The Morgan fingerprint density at radius 3 is 2.88 bits per heavy atom. The number of halogens is 1. The molecule has 0 aliphatic heterocycles. The molecule has 0 aliphatic rings. The van der Waals surface area contributed by atoms with Crippen molar-refractivity contribution < 1.29 is 14.3 Å². The lowest BCUT2D eigenvalue weighted by Crippen LogP contribution is -2.19. The van der Waals surface area contributed by atoms with E-state index in [0.717, 1.165) is 0 Å². The SMILES string of the molecule is COCn1cc(NC(=O)c2ccnn2COc2ccccc2Cl)cn1. The van der Waals surface area contributed by atoms with Gasteiger partial charge in [-0.15, -0.1) is 0 Å². The summed E-state index contributed by atoms with van der Waals surface area (Å²) < 4.78 is 13.6. The van der Waals surface area contributed by atoms with Crippen molar-refractivity contribution in [3.8, 4) is 5.75 Å². The Morgan fingerprint density at radius 1 is 1.24 bits per heavy atom. The molecule has 2 heterocycles. The van der Waals surface area contributed by atoms with Crippen molar-refractivity contribution in [3.63, 3.8) is 0 Å². The number of nitrogens with zero attached hydrogens (tertiary/aromatic N) is 4. The average Bonchev–Trinajstić information content (AvgIpc) is 3.24. The average molecular weight is 362 g/mol. The zero-order valence-corrected chi connectivity index (χ0v) is 14.2. The number of hydrogen-bond donors (Lipinski definition) is 1. The number of nitrogens with one attached hydrogen (secondary N) is 1. The van der Waals surface area contributed by atoms with Crippen molar-refractivity contribution in [2.75, 3.05) is 12.4 Å². The molecule has 0 fully saturated rings. The zero-order valence-electron chi connectivity index (χ0n) is 13.4. The van der Waals surface area contributed by atoms with Gasteiger partial charge in [0.2, 0.25) is 0 Å². The molecule has 9 heteroatoms. The Bertz CT molecular complexity index is 861. The van der Waals surface area contributed by atoms with E-state index in [-0.39, 0.29) is 12.6 Å². The summed E-state index contributed by atoms with van der Waals surface area (Å²) >= 11 is 6.05. The maximum Gasteiger partial charge on any atom is 0.274 e. The second-order valence-electron chi connectivity index (χ2n) is 5.06. The summed E-state index contributed by atoms with van der Waals surface area (Å²) in [7, 11) is 1.57. The monoisotopic (exact) mass is 361 g/mol. The number of amides is 1. The van der Waals surface area contributed by atoms with Crippen LogP contribution in [0.5, 0.6) is 5.75 Å². The largest absolute Gasteiger partial charge is 0.470 e. The lowest BCUT2D eigenvalue weighted by atomic mass is 10.3. The van der Waals surface area contributed by atoms with Crippen LogP contribution in [0, 0.1) is 0 Å². The summed E-state index contributed by atoms with van der Waals surface area (Å²) in [6.45, 7) is 0.363. The maximum absolute atomic E-state index is 12.4. The van der Waals surface area contributed by atoms with Crippen LogP contribution in [0.1, 0.15) is 10.5 Å². The van der Waals surface area contributed by atoms with Crippen molar-refractivity contribution >= 4 is 23.2 Å². The highest BCUT2D eigenvalue weighted by Gasteiger charge is 2.14. The fourth-order valence-corrected chi connectivity index (χ4v) is 2.34. The molecule has 0 spiro atoms. The second kappa shape index (κ2) is 7.82. The predicted octanol–water partition coefficient (Wildman–Crippen LogP) is 2.63. The van der Waals surface area contributed by atoms with E-state index in [2.05, 4.69) is 15.5 Å². The quantitative estimate of drug-likeness (QED) is 0.699. The van der Waals surface area contributed by atoms with Crippen LogP contribution in [0.4, 0.5) is 5.69 Å². The smallest absolute Gasteiger partial charge is 0.274 e. The summed E-state index contributed by atoms with van der Waals surface area (Å²) in [4.78, 5) is 12.4. The van der Waals surface area contributed by atoms with Crippen LogP contribution >= 0.6 is 11.6 Å². The fourth-order valence-electron chi connectivity index (χ4n) is 2.15. The molecular formula is C16H16ClN5O3. The van der Waals surface area contributed by atoms with Gasteiger partial charge in [-0.1, -0.05) is 23.7 Å². The highest BCUT2D eigenvalue weighted by atomic mass is 35.5. The molecule has 0 saturated carbocycles. The number of ether oxygens (including phenoxy) is 2. The number of carbonyl (C=O) groups is 1. The van der Waals surface area contributed by atoms with E-state index < -0.39 is 0 Å². The first-order chi connectivity index (χ1) is 12.2. The molecule has 8 nitrogen and oxygen atoms in total. The Hall–Kier alpha value is -2.84. The van der Waals surface area contributed by atoms with Gasteiger partial charge in [0.15, 0.2) is 6.73 Å². The molecule has 0 unspecified atom stereocenters. The van der Waals surface area contributed by atoms with Crippen LogP contribution in [-0.2, 0) is 18.2 Å². The molecule has 0 saturated heterocycles. The Balaban J connectivity index is 1.66. The fraction of sp³-hybridized carbons (Fsp3) is 0.188. The zero-order chi connectivity index (χ0) is 17.6. The minimum absolute atomic E-state index is 0.0580. The van der Waals surface area contributed by atoms with Crippen LogP contribution in [0.2, 0.25) is 5.02 Å². The van der Waals surface area contributed by atoms with Crippen molar-refractivity contribution in [3.05, 3.63) is 59.6 Å². The van der Waals surface area contributed by atoms with Gasteiger partial charge in [-0.3, -0.25) is 4.79 Å². The number of methoxy groups -OCH3 is 1. The number of anilines is 1. The lowest BCUT2D eigenvalue weighted by Gasteiger charge is -2.10. The van der Waals surface area contributed by atoms with Crippen LogP contribution in [0.3, 0.4) is 0 Å². The van der Waals surface area contributed by atoms with Gasteiger partial charge in [0.25, 0.3) is 5.91 Å². The molecule has 0 radical (unpaired) electrons. The van der Waals surface area contributed by atoms with Gasteiger partial charge in [-0.25, -0.2) is 9.36 Å². The number of hydrogen-bond acceptors (Lipinski definition) is 5. The molecular weight excluding hydrogens is 346 g/mol. The van der Waals surface area contributed by atoms with E-state index in [1.54, 1.807) is 36.2 Å². The molecule has 0 aliphatic carbocycles. The third kappa shape index (κ3) is 4.17. The van der Waals surface area contributed by atoms with Crippen molar-refractivity contribution in [2.45, 2.75) is 13.5 Å². The van der Waals surface area contributed by atoms with Crippen LogP contribution < -0.4 is 10.1 Å². The summed E-state index contributed by atoms with van der Waals surface area (Å²) in [5.41, 5.74) is 0.911. The van der Waals surface area contributed by atoms with Gasteiger partial charge >= 0.3 is 0 Å². The first kappa shape index (κ1) is 17.0.